The number of hydrogen-bond acceptors (Lipinski definition) is 3. The van der Waals surface area contributed by atoms with Gasteiger partial charge in [-0.2, -0.15) is 0 Å². The van der Waals surface area contributed by atoms with E-state index >= 15 is 0 Å². The number of hydrogen-bond donors (Lipinski definition) is 0. The Morgan fingerprint density at radius 1 is 0.931 bits per heavy atom. The fraction of sp³-hybridized carbons (Fsp3) is 0.480. The lowest BCUT2D eigenvalue weighted by Gasteiger charge is -2.08. The van der Waals surface area contributed by atoms with Gasteiger partial charge in [0, 0.05) is 6.61 Å². The highest BCUT2D eigenvalue weighted by atomic mass is 31.1. The van der Waals surface area contributed by atoms with Gasteiger partial charge >= 0.3 is 13.3 Å². The third-order valence-electron chi connectivity index (χ3n) is 3.83. The van der Waals surface area contributed by atoms with Gasteiger partial charge in [0.05, 0.1) is 11.7 Å². The number of ether oxygens (including phenoxy) is 1. The van der Waals surface area contributed by atoms with Gasteiger partial charge in [0.1, 0.15) is 0 Å². The van der Waals surface area contributed by atoms with Crippen LogP contribution in [0.4, 0.5) is 0 Å². The van der Waals surface area contributed by atoms with E-state index in [-0.39, 0.29) is 5.52 Å². The smallest absolute Gasteiger partial charge is 0.379 e. The second-order valence-corrected chi connectivity index (χ2v) is 9.00. The lowest BCUT2D eigenvalue weighted by molar-refractivity contribution is 0.0593. The highest BCUT2D eigenvalue weighted by Crippen LogP contribution is 2.30. The van der Waals surface area contributed by atoms with Crippen molar-refractivity contribution >= 4 is 18.6 Å². The molecule has 29 heavy (non-hydrogen) atoms. The van der Waals surface area contributed by atoms with Crippen LogP contribution in [0.5, 0.6) is 0 Å². The Hall–Kier alpha value is -1.83. The average molecular weight is 418 g/mol. The van der Waals surface area contributed by atoms with Crippen molar-refractivity contribution in [3.05, 3.63) is 64.7 Å². The molecule has 1 atom stereocenters. The maximum atomic E-state index is 12.4. The summed E-state index contributed by atoms with van der Waals surface area (Å²) in [5.74, 6) is 0.664. The Kier molecular flexibility index (Phi) is 13.3. The standard InChI is InChI=1S/C16H16O2P.C7H16O.C2H6/c1-11-9-12(2)15(13(3)10-11)16(17)19(18)14-7-5-4-6-8-14;1-6(2)5-8-7(3)4;1-2/h4-10H,1-3H3;6-7H,5H2,1-4H3;1-2H3/q+1;;. The first kappa shape index (κ1) is 27.2. The van der Waals surface area contributed by atoms with Crippen LogP contribution in [0.2, 0.25) is 0 Å². The molecule has 0 aliphatic heterocycles. The maximum absolute atomic E-state index is 12.4. The lowest BCUT2D eigenvalue weighted by Crippen LogP contribution is -2.08. The zero-order chi connectivity index (χ0) is 22.6. The van der Waals surface area contributed by atoms with Crippen molar-refractivity contribution in [1.29, 1.82) is 0 Å². The third kappa shape index (κ3) is 9.96. The van der Waals surface area contributed by atoms with Gasteiger partial charge in [-0.3, -0.25) is 0 Å². The molecule has 0 amide bonds. The van der Waals surface area contributed by atoms with Crippen LogP contribution in [0.15, 0.2) is 42.5 Å². The molecule has 0 bridgehead atoms. The quantitative estimate of drug-likeness (QED) is 0.475. The van der Waals surface area contributed by atoms with Gasteiger partial charge < -0.3 is 4.74 Å². The molecule has 0 heterocycles. The fourth-order valence-corrected chi connectivity index (χ4v) is 3.92. The molecule has 0 fully saturated rings. The summed E-state index contributed by atoms with van der Waals surface area (Å²) >= 11 is 0. The second-order valence-electron chi connectivity index (χ2n) is 7.48. The van der Waals surface area contributed by atoms with Crippen LogP contribution in [0, 0.1) is 26.7 Å². The van der Waals surface area contributed by atoms with Crippen molar-refractivity contribution in [3.8, 4) is 0 Å². The normalized spacial score (nSPS) is 10.7. The molecular weight excluding hydrogens is 379 g/mol. The largest absolute Gasteiger partial charge is 0.458 e. The summed E-state index contributed by atoms with van der Waals surface area (Å²) in [5, 5.41) is 0.585. The summed E-state index contributed by atoms with van der Waals surface area (Å²) in [6, 6.07) is 12.8. The van der Waals surface area contributed by atoms with E-state index in [4.69, 9.17) is 4.74 Å². The van der Waals surface area contributed by atoms with Gasteiger partial charge in [-0.25, -0.2) is 4.79 Å². The van der Waals surface area contributed by atoms with Crippen LogP contribution in [0.1, 0.15) is 68.6 Å². The van der Waals surface area contributed by atoms with Crippen molar-refractivity contribution in [2.75, 3.05) is 6.61 Å². The molecule has 0 aromatic heterocycles. The summed E-state index contributed by atoms with van der Waals surface area (Å²) < 4.78 is 17.6. The summed E-state index contributed by atoms with van der Waals surface area (Å²) in [6.07, 6.45) is 0.386. The van der Waals surface area contributed by atoms with Crippen LogP contribution in [0.3, 0.4) is 0 Å². The number of carbonyl (C=O) groups excluding carboxylic acids is 1. The minimum atomic E-state index is -2.04. The van der Waals surface area contributed by atoms with E-state index in [1.54, 1.807) is 24.3 Å². The molecule has 2 aromatic carbocycles. The van der Waals surface area contributed by atoms with E-state index in [1.165, 1.54) is 0 Å². The Labute approximate surface area is 178 Å². The monoisotopic (exact) mass is 417 g/mol. The Balaban J connectivity index is 0.000000664. The van der Waals surface area contributed by atoms with Crippen molar-refractivity contribution in [2.45, 2.75) is 68.4 Å². The van der Waals surface area contributed by atoms with Crippen molar-refractivity contribution in [1.82, 2.24) is 0 Å². The van der Waals surface area contributed by atoms with Gasteiger partial charge in [0.15, 0.2) is 5.30 Å². The Morgan fingerprint density at radius 3 is 1.79 bits per heavy atom. The van der Waals surface area contributed by atoms with E-state index in [1.807, 2.05) is 52.8 Å². The first-order valence-electron chi connectivity index (χ1n) is 10.4. The van der Waals surface area contributed by atoms with Crippen molar-refractivity contribution < 1.29 is 14.1 Å². The Morgan fingerprint density at radius 2 is 1.41 bits per heavy atom. The molecule has 2 rings (SSSR count). The molecule has 0 saturated carbocycles. The first-order valence-corrected chi connectivity index (χ1v) is 11.7. The van der Waals surface area contributed by atoms with E-state index in [9.17, 15) is 9.36 Å². The zero-order valence-corrected chi connectivity index (χ0v) is 20.5. The van der Waals surface area contributed by atoms with Crippen LogP contribution >= 0.6 is 7.80 Å². The SMILES string of the molecule is CC.CC(C)COC(C)C.Cc1cc(C)c(C(=O)[P+](=O)c2ccccc2)c(C)c1. The van der Waals surface area contributed by atoms with Gasteiger partial charge in [0.25, 0.3) is 0 Å². The van der Waals surface area contributed by atoms with Crippen molar-refractivity contribution in [2.24, 2.45) is 5.92 Å². The van der Waals surface area contributed by atoms with E-state index in [0.717, 1.165) is 23.3 Å². The minimum absolute atomic E-state index is 0.281. The van der Waals surface area contributed by atoms with E-state index in [2.05, 4.69) is 27.7 Å². The second kappa shape index (κ2) is 14.2. The number of aryl methyl sites for hydroxylation is 3. The van der Waals surface area contributed by atoms with Crippen LogP contribution in [-0.4, -0.2) is 18.2 Å². The van der Waals surface area contributed by atoms with Crippen LogP contribution < -0.4 is 5.30 Å². The topological polar surface area (TPSA) is 43.4 Å². The number of carbonyl (C=O) groups is 1. The van der Waals surface area contributed by atoms with E-state index in [0.29, 0.717) is 22.9 Å². The molecule has 160 valence electrons. The first-order chi connectivity index (χ1) is 13.6. The predicted octanol–water partition coefficient (Wildman–Crippen LogP) is 7.00. The van der Waals surface area contributed by atoms with Gasteiger partial charge in [-0.05, 0) is 63.8 Å². The molecule has 0 spiro atoms. The fourth-order valence-electron chi connectivity index (χ4n) is 2.68. The molecule has 0 N–H and O–H groups in total. The van der Waals surface area contributed by atoms with Gasteiger partial charge in [0.2, 0.25) is 0 Å². The molecule has 0 radical (unpaired) electrons. The predicted molar refractivity (Wildman–Crippen MR) is 126 cm³/mol. The summed E-state index contributed by atoms with van der Waals surface area (Å²) in [4.78, 5) is 12.4. The maximum Gasteiger partial charge on any atom is 0.458 e. The summed E-state index contributed by atoms with van der Waals surface area (Å²) in [5.41, 5.74) is 3.21. The Bertz CT molecular complexity index is 734. The van der Waals surface area contributed by atoms with Gasteiger partial charge in [-0.15, -0.1) is 0 Å². The molecule has 0 aliphatic rings. The average Bonchev–Trinajstić information content (AvgIpc) is 2.67. The van der Waals surface area contributed by atoms with Crippen molar-refractivity contribution in [3.63, 3.8) is 0 Å². The number of benzene rings is 2. The van der Waals surface area contributed by atoms with Crippen LogP contribution in [-0.2, 0) is 9.30 Å². The molecule has 4 heteroatoms. The van der Waals surface area contributed by atoms with E-state index < -0.39 is 7.80 Å². The molecule has 3 nitrogen and oxygen atoms in total. The highest BCUT2D eigenvalue weighted by Gasteiger charge is 2.34. The lowest BCUT2D eigenvalue weighted by atomic mass is 10.0. The summed E-state index contributed by atoms with van der Waals surface area (Å²) in [7, 11) is -2.04. The number of rotatable bonds is 6. The van der Waals surface area contributed by atoms with Crippen LogP contribution in [0.25, 0.3) is 0 Å². The third-order valence-corrected chi connectivity index (χ3v) is 5.19. The molecule has 0 saturated heterocycles. The molecular formula is C25H38O3P+. The molecule has 2 aromatic rings. The zero-order valence-electron chi connectivity index (χ0n) is 19.6. The minimum Gasteiger partial charge on any atom is -0.379 e. The summed E-state index contributed by atoms with van der Waals surface area (Å²) in [6.45, 7) is 19.1. The molecule has 0 aliphatic carbocycles. The van der Waals surface area contributed by atoms with Gasteiger partial charge in [-0.1, -0.05) is 68.2 Å². The highest BCUT2D eigenvalue weighted by molar-refractivity contribution is 7.71. The molecule has 1 unspecified atom stereocenters.